The molecule has 77 heavy (non-hydrogen) atoms. The van der Waals surface area contributed by atoms with E-state index in [-0.39, 0.29) is 31.1 Å². The fourth-order valence-electron chi connectivity index (χ4n) is 11.3. The van der Waals surface area contributed by atoms with Gasteiger partial charge in [0.15, 0.2) is 6.10 Å². The van der Waals surface area contributed by atoms with Crippen LogP contribution in [0, 0.1) is 0 Å². The number of hydrogen-bond donors (Lipinski definition) is 0. The first kappa shape index (κ1) is 75.4. The monoisotopic (exact) mass is 1090 g/mol. The number of carbonyl (C=O) groups is 3. The standard InChI is InChI=1S/C71H138O6/c1-4-7-10-13-16-18-20-22-24-26-28-30-32-34-35-36-37-38-40-41-43-45-47-49-51-53-55-58-61-64-70(73)76-67-68(66-75-69(72)63-60-57-15-12-9-6-3)77-71(74)65-62-59-56-54-52-50-48-46-44-42-39-33-31-29-27-25-23-21-19-17-14-11-8-5-2/h68H,4-67H2,1-3H3. The summed E-state index contributed by atoms with van der Waals surface area (Å²) in [5.41, 5.74) is 0. The van der Waals surface area contributed by atoms with Crippen LogP contribution in [0.4, 0.5) is 0 Å². The molecule has 0 fully saturated rings. The van der Waals surface area contributed by atoms with Gasteiger partial charge in [0.2, 0.25) is 0 Å². The summed E-state index contributed by atoms with van der Waals surface area (Å²) in [6.45, 7) is 6.68. The van der Waals surface area contributed by atoms with Crippen molar-refractivity contribution in [3.05, 3.63) is 0 Å². The van der Waals surface area contributed by atoms with Gasteiger partial charge in [-0.2, -0.15) is 0 Å². The molecule has 458 valence electrons. The van der Waals surface area contributed by atoms with E-state index in [9.17, 15) is 14.4 Å². The third-order valence-electron chi connectivity index (χ3n) is 16.6. The minimum atomic E-state index is -0.761. The molecule has 0 spiro atoms. The van der Waals surface area contributed by atoms with Crippen molar-refractivity contribution >= 4 is 17.9 Å². The number of unbranched alkanes of at least 4 members (excludes halogenated alkanes) is 56. The van der Waals surface area contributed by atoms with Gasteiger partial charge < -0.3 is 14.2 Å². The Labute approximate surface area is 482 Å². The van der Waals surface area contributed by atoms with Crippen LogP contribution in [0.3, 0.4) is 0 Å². The third-order valence-corrected chi connectivity index (χ3v) is 16.6. The van der Waals surface area contributed by atoms with Crippen LogP contribution in [-0.4, -0.2) is 37.2 Å². The molecule has 0 aliphatic carbocycles. The molecule has 0 rings (SSSR count). The van der Waals surface area contributed by atoms with Crippen LogP contribution in [-0.2, 0) is 28.6 Å². The molecular formula is C71H138O6. The normalized spacial score (nSPS) is 11.9. The molecule has 0 aromatic carbocycles. The smallest absolute Gasteiger partial charge is 0.306 e. The van der Waals surface area contributed by atoms with Crippen LogP contribution < -0.4 is 0 Å². The molecular weight excluding hydrogens is 949 g/mol. The predicted octanol–water partition coefficient (Wildman–Crippen LogP) is 24.2. The lowest BCUT2D eigenvalue weighted by Gasteiger charge is -2.18. The maximum atomic E-state index is 12.9. The van der Waals surface area contributed by atoms with Gasteiger partial charge in [0.1, 0.15) is 13.2 Å². The maximum absolute atomic E-state index is 12.9. The molecule has 0 aromatic heterocycles. The van der Waals surface area contributed by atoms with E-state index in [0.29, 0.717) is 19.3 Å². The number of hydrogen-bond acceptors (Lipinski definition) is 6. The Kier molecular flexibility index (Phi) is 65.5. The van der Waals surface area contributed by atoms with E-state index in [1.807, 2.05) is 0 Å². The van der Waals surface area contributed by atoms with Gasteiger partial charge in [0.05, 0.1) is 0 Å². The average molecular weight is 1090 g/mol. The van der Waals surface area contributed by atoms with E-state index in [1.165, 1.54) is 321 Å². The molecule has 0 saturated carbocycles. The van der Waals surface area contributed by atoms with Crippen LogP contribution in [0.5, 0.6) is 0 Å². The van der Waals surface area contributed by atoms with Gasteiger partial charge in [0.25, 0.3) is 0 Å². The highest BCUT2D eigenvalue weighted by Gasteiger charge is 2.19. The average Bonchev–Trinajstić information content (AvgIpc) is 3.43. The quantitative estimate of drug-likeness (QED) is 0.0343. The molecule has 6 heteroatoms. The number of esters is 3. The first-order valence-corrected chi connectivity index (χ1v) is 35.5. The summed E-state index contributed by atoms with van der Waals surface area (Å²) in [5.74, 6) is -0.837. The molecule has 0 saturated heterocycles. The lowest BCUT2D eigenvalue weighted by atomic mass is 10.0. The van der Waals surface area contributed by atoms with Crippen LogP contribution in [0.25, 0.3) is 0 Å². The van der Waals surface area contributed by atoms with Crippen molar-refractivity contribution in [3.8, 4) is 0 Å². The van der Waals surface area contributed by atoms with Crippen LogP contribution in [0.1, 0.15) is 419 Å². The molecule has 0 radical (unpaired) electrons. The first-order valence-electron chi connectivity index (χ1n) is 35.5. The lowest BCUT2D eigenvalue weighted by Crippen LogP contribution is -2.30. The SMILES string of the molecule is CCCCCCCCCCCCCCCCCCCCCCCCCCCCCCCC(=O)OCC(COC(=O)CCCCCCCC)OC(=O)CCCCCCCCCCCCCCCCCCCCCCCCCC. The highest BCUT2D eigenvalue weighted by molar-refractivity contribution is 5.71. The van der Waals surface area contributed by atoms with Crippen molar-refractivity contribution < 1.29 is 28.6 Å². The van der Waals surface area contributed by atoms with E-state index >= 15 is 0 Å². The molecule has 0 aliphatic rings. The summed E-state index contributed by atoms with van der Waals surface area (Å²) in [7, 11) is 0. The Morgan fingerprint density at radius 2 is 0.351 bits per heavy atom. The molecule has 0 aromatic rings. The fourth-order valence-corrected chi connectivity index (χ4v) is 11.3. The van der Waals surface area contributed by atoms with Crippen molar-refractivity contribution in [3.63, 3.8) is 0 Å². The van der Waals surface area contributed by atoms with E-state index in [1.54, 1.807) is 0 Å². The van der Waals surface area contributed by atoms with Gasteiger partial charge in [-0.3, -0.25) is 14.4 Å². The molecule has 0 N–H and O–H groups in total. The summed E-state index contributed by atoms with van der Waals surface area (Å²) in [4.78, 5) is 38.1. The van der Waals surface area contributed by atoms with Crippen molar-refractivity contribution in [1.29, 1.82) is 0 Å². The van der Waals surface area contributed by atoms with Gasteiger partial charge in [0, 0.05) is 19.3 Å². The van der Waals surface area contributed by atoms with Crippen molar-refractivity contribution in [2.24, 2.45) is 0 Å². The van der Waals surface area contributed by atoms with Gasteiger partial charge >= 0.3 is 17.9 Å². The minimum absolute atomic E-state index is 0.0616. The Hall–Kier alpha value is -1.59. The summed E-state index contributed by atoms with van der Waals surface area (Å²) >= 11 is 0. The maximum Gasteiger partial charge on any atom is 0.306 e. The molecule has 0 heterocycles. The van der Waals surface area contributed by atoms with Gasteiger partial charge in [-0.15, -0.1) is 0 Å². The lowest BCUT2D eigenvalue weighted by molar-refractivity contribution is -0.167. The second-order valence-corrected chi connectivity index (χ2v) is 24.5. The summed E-state index contributed by atoms with van der Waals surface area (Å²) < 4.78 is 16.9. The topological polar surface area (TPSA) is 78.9 Å². The molecule has 6 nitrogen and oxygen atoms in total. The fraction of sp³-hybridized carbons (Fsp3) is 0.958. The van der Waals surface area contributed by atoms with Gasteiger partial charge in [-0.05, 0) is 19.3 Å². The Morgan fingerprint density at radius 1 is 0.208 bits per heavy atom. The van der Waals surface area contributed by atoms with Crippen LogP contribution >= 0.6 is 0 Å². The van der Waals surface area contributed by atoms with Crippen molar-refractivity contribution in [1.82, 2.24) is 0 Å². The van der Waals surface area contributed by atoms with E-state index in [2.05, 4.69) is 20.8 Å². The number of carbonyl (C=O) groups excluding carboxylic acids is 3. The van der Waals surface area contributed by atoms with Crippen molar-refractivity contribution in [2.45, 2.75) is 425 Å². The minimum Gasteiger partial charge on any atom is -0.462 e. The Balaban J connectivity index is 3.93. The summed E-state index contributed by atoms with van der Waals surface area (Å²) in [6, 6.07) is 0. The third kappa shape index (κ3) is 65.1. The van der Waals surface area contributed by atoms with Crippen molar-refractivity contribution in [2.75, 3.05) is 13.2 Å². The summed E-state index contributed by atoms with van der Waals surface area (Å²) in [6.07, 6.45) is 79.0. The first-order chi connectivity index (χ1) is 38.0. The van der Waals surface area contributed by atoms with Crippen LogP contribution in [0.2, 0.25) is 0 Å². The zero-order chi connectivity index (χ0) is 55.7. The summed E-state index contributed by atoms with van der Waals surface area (Å²) in [5, 5.41) is 0. The van der Waals surface area contributed by atoms with E-state index < -0.39 is 6.10 Å². The zero-order valence-electron chi connectivity index (χ0n) is 52.8. The van der Waals surface area contributed by atoms with E-state index in [4.69, 9.17) is 14.2 Å². The second-order valence-electron chi connectivity index (χ2n) is 24.5. The largest absolute Gasteiger partial charge is 0.462 e. The highest BCUT2D eigenvalue weighted by Crippen LogP contribution is 2.20. The van der Waals surface area contributed by atoms with Gasteiger partial charge in [-0.25, -0.2) is 0 Å². The van der Waals surface area contributed by atoms with Crippen LogP contribution in [0.15, 0.2) is 0 Å². The number of ether oxygens (including phenoxy) is 3. The predicted molar refractivity (Wildman–Crippen MR) is 335 cm³/mol. The highest BCUT2D eigenvalue weighted by atomic mass is 16.6. The molecule has 1 atom stereocenters. The van der Waals surface area contributed by atoms with E-state index in [0.717, 1.165) is 57.8 Å². The van der Waals surface area contributed by atoms with Gasteiger partial charge in [-0.1, -0.05) is 380 Å². The Bertz CT molecular complexity index is 1160. The molecule has 1 unspecified atom stereocenters. The molecule has 0 bridgehead atoms. The Morgan fingerprint density at radius 3 is 0.519 bits per heavy atom. The second kappa shape index (κ2) is 66.9. The zero-order valence-corrected chi connectivity index (χ0v) is 52.8. The number of rotatable bonds is 67. The molecule has 0 amide bonds. The molecule has 0 aliphatic heterocycles.